The molecule has 0 unspecified atom stereocenters. The van der Waals surface area contributed by atoms with Crippen LogP contribution in [-0.2, 0) is 18.3 Å². The Labute approximate surface area is 174 Å². The van der Waals surface area contributed by atoms with E-state index >= 15 is 0 Å². The number of rotatable bonds is 7. The van der Waals surface area contributed by atoms with Gasteiger partial charge < -0.3 is 15.2 Å². The van der Waals surface area contributed by atoms with E-state index in [9.17, 15) is 9.59 Å². The van der Waals surface area contributed by atoms with Crippen LogP contribution in [0.5, 0.6) is 0 Å². The second-order valence-corrected chi connectivity index (χ2v) is 7.70. The Morgan fingerprint density at radius 2 is 2.00 bits per heavy atom. The van der Waals surface area contributed by atoms with Crippen molar-refractivity contribution >= 4 is 40.1 Å². The second-order valence-electron chi connectivity index (χ2n) is 7.31. The standard InChI is InChI=1S/C21H24ClN5O2/c1-13(2)10-20(28)25-15-5-6-17-16(11-15)26-19(27(17)3)8-9-23-21(29)14-4-7-18(22)24-12-14/h4-7,11-13H,8-10H2,1-3H3,(H,23,29)(H,25,28). The molecule has 2 N–H and O–H groups in total. The van der Waals surface area contributed by atoms with Crippen LogP contribution in [0.25, 0.3) is 11.0 Å². The molecule has 29 heavy (non-hydrogen) atoms. The number of halogens is 1. The zero-order chi connectivity index (χ0) is 21.0. The summed E-state index contributed by atoms with van der Waals surface area (Å²) in [6.07, 6.45) is 2.50. The zero-order valence-corrected chi connectivity index (χ0v) is 17.5. The Bertz CT molecular complexity index is 1030. The Morgan fingerprint density at radius 1 is 1.21 bits per heavy atom. The highest BCUT2D eigenvalue weighted by Gasteiger charge is 2.11. The third-order valence-corrected chi connectivity index (χ3v) is 4.70. The summed E-state index contributed by atoms with van der Waals surface area (Å²) in [5.74, 6) is 0.942. The highest BCUT2D eigenvalue weighted by Crippen LogP contribution is 2.20. The van der Waals surface area contributed by atoms with Gasteiger partial charge >= 0.3 is 0 Å². The van der Waals surface area contributed by atoms with Crippen molar-refractivity contribution in [1.29, 1.82) is 0 Å². The smallest absolute Gasteiger partial charge is 0.252 e. The Hall–Kier alpha value is -2.93. The van der Waals surface area contributed by atoms with Crippen LogP contribution in [0.1, 0.15) is 36.5 Å². The van der Waals surface area contributed by atoms with Gasteiger partial charge in [-0.15, -0.1) is 0 Å². The van der Waals surface area contributed by atoms with Crippen LogP contribution in [0.4, 0.5) is 5.69 Å². The highest BCUT2D eigenvalue weighted by atomic mass is 35.5. The topological polar surface area (TPSA) is 88.9 Å². The van der Waals surface area contributed by atoms with Gasteiger partial charge in [0.25, 0.3) is 5.91 Å². The van der Waals surface area contributed by atoms with E-state index in [2.05, 4.69) is 20.6 Å². The van der Waals surface area contributed by atoms with Gasteiger partial charge in [-0.2, -0.15) is 0 Å². The van der Waals surface area contributed by atoms with E-state index < -0.39 is 0 Å². The zero-order valence-electron chi connectivity index (χ0n) is 16.7. The molecule has 0 atom stereocenters. The third-order valence-electron chi connectivity index (χ3n) is 4.47. The van der Waals surface area contributed by atoms with Gasteiger partial charge in [0, 0.05) is 38.3 Å². The van der Waals surface area contributed by atoms with Crippen molar-refractivity contribution in [1.82, 2.24) is 19.9 Å². The van der Waals surface area contributed by atoms with Gasteiger partial charge in [-0.25, -0.2) is 9.97 Å². The lowest BCUT2D eigenvalue weighted by atomic mass is 10.1. The van der Waals surface area contributed by atoms with Crippen molar-refractivity contribution in [3.63, 3.8) is 0 Å². The van der Waals surface area contributed by atoms with E-state index in [-0.39, 0.29) is 11.8 Å². The van der Waals surface area contributed by atoms with Gasteiger partial charge in [0.2, 0.25) is 5.91 Å². The molecule has 0 bridgehead atoms. The number of amides is 2. The summed E-state index contributed by atoms with van der Waals surface area (Å²) in [5.41, 5.74) is 2.96. The first-order valence-electron chi connectivity index (χ1n) is 9.48. The molecule has 0 aliphatic heterocycles. The van der Waals surface area contributed by atoms with E-state index in [4.69, 9.17) is 11.6 Å². The first-order chi connectivity index (χ1) is 13.8. The summed E-state index contributed by atoms with van der Waals surface area (Å²) >= 11 is 5.74. The molecule has 152 valence electrons. The molecule has 3 aromatic rings. The number of nitrogens with zero attached hydrogens (tertiary/aromatic N) is 3. The van der Waals surface area contributed by atoms with Gasteiger partial charge in [-0.05, 0) is 36.2 Å². The van der Waals surface area contributed by atoms with Crippen LogP contribution in [0.3, 0.4) is 0 Å². The molecule has 2 amide bonds. The quantitative estimate of drug-likeness (QED) is 0.579. The number of aromatic nitrogens is 3. The number of hydrogen-bond donors (Lipinski definition) is 2. The normalized spacial score (nSPS) is 11.1. The number of aryl methyl sites for hydroxylation is 1. The molecule has 0 aliphatic carbocycles. The number of imidazole rings is 1. The van der Waals surface area contributed by atoms with E-state index in [0.29, 0.717) is 36.0 Å². The number of pyridine rings is 1. The fourth-order valence-electron chi connectivity index (χ4n) is 3.03. The SMILES string of the molecule is CC(C)CC(=O)Nc1ccc2c(c1)nc(CCNC(=O)c1ccc(Cl)nc1)n2C. The second kappa shape index (κ2) is 9.05. The van der Waals surface area contributed by atoms with Gasteiger partial charge in [-0.3, -0.25) is 9.59 Å². The van der Waals surface area contributed by atoms with Gasteiger partial charge in [0.05, 0.1) is 16.6 Å². The minimum atomic E-state index is -0.205. The molecular formula is C21H24ClN5O2. The average Bonchev–Trinajstić information content (AvgIpc) is 2.96. The Kier molecular flexibility index (Phi) is 6.49. The molecule has 0 spiro atoms. The lowest BCUT2D eigenvalue weighted by Gasteiger charge is -2.07. The summed E-state index contributed by atoms with van der Waals surface area (Å²) < 4.78 is 1.99. The van der Waals surface area contributed by atoms with Crippen molar-refractivity contribution in [2.45, 2.75) is 26.7 Å². The van der Waals surface area contributed by atoms with E-state index in [1.807, 2.05) is 43.7 Å². The Balaban J connectivity index is 1.63. The predicted molar refractivity (Wildman–Crippen MR) is 114 cm³/mol. The summed E-state index contributed by atoms with van der Waals surface area (Å²) in [5, 5.41) is 6.12. The molecule has 1 aromatic carbocycles. The molecule has 8 heteroatoms. The molecule has 2 aromatic heterocycles. The molecule has 0 aliphatic rings. The maximum absolute atomic E-state index is 12.2. The lowest BCUT2D eigenvalue weighted by Crippen LogP contribution is -2.26. The van der Waals surface area contributed by atoms with Crippen molar-refractivity contribution in [3.05, 3.63) is 53.1 Å². The first-order valence-corrected chi connectivity index (χ1v) is 9.86. The van der Waals surface area contributed by atoms with Crippen LogP contribution in [0.2, 0.25) is 5.15 Å². The van der Waals surface area contributed by atoms with E-state index in [0.717, 1.165) is 22.5 Å². The number of benzene rings is 1. The monoisotopic (exact) mass is 413 g/mol. The van der Waals surface area contributed by atoms with E-state index in [1.54, 1.807) is 12.1 Å². The molecule has 0 radical (unpaired) electrons. The number of carbonyl (C=O) groups is 2. The fourth-order valence-corrected chi connectivity index (χ4v) is 3.15. The molecule has 0 saturated heterocycles. The number of fused-ring (bicyclic) bond motifs is 1. The van der Waals surface area contributed by atoms with Crippen molar-refractivity contribution < 1.29 is 9.59 Å². The van der Waals surface area contributed by atoms with Gasteiger partial charge in [-0.1, -0.05) is 25.4 Å². The van der Waals surface area contributed by atoms with Crippen LogP contribution in [-0.4, -0.2) is 32.9 Å². The highest BCUT2D eigenvalue weighted by molar-refractivity contribution is 6.29. The van der Waals surface area contributed by atoms with Crippen LogP contribution in [0, 0.1) is 5.92 Å². The summed E-state index contributed by atoms with van der Waals surface area (Å²) in [6.45, 7) is 4.46. The van der Waals surface area contributed by atoms with Gasteiger partial charge in [0.1, 0.15) is 11.0 Å². The first kappa shape index (κ1) is 20.8. The maximum Gasteiger partial charge on any atom is 0.252 e. The summed E-state index contributed by atoms with van der Waals surface area (Å²) in [7, 11) is 1.94. The summed E-state index contributed by atoms with van der Waals surface area (Å²) in [6, 6.07) is 8.90. The number of hydrogen-bond acceptors (Lipinski definition) is 4. The molecule has 3 rings (SSSR count). The van der Waals surface area contributed by atoms with Gasteiger partial charge in [0.15, 0.2) is 0 Å². The minimum Gasteiger partial charge on any atom is -0.352 e. The molecular weight excluding hydrogens is 390 g/mol. The van der Waals surface area contributed by atoms with Crippen LogP contribution < -0.4 is 10.6 Å². The molecule has 7 nitrogen and oxygen atoms in total. The largest absolute Gasteiger partial charge is 0.352 e. The maximum atomic E-state index is 12.2. The van der Waals surface area contributed by atoms with Crippen LogP contribution >= 0.6 is 11.6 Å². The number of anilines is 1. The van der Waals surface area contributed by atoms with E-state index in [1.165, 1.54) is 6.20 Å². The van der Waals surface area contributed by atoms with Crippen LogP contribution in [0.15, 0.2) is 36.5 Å². The minimum absolute atomic E-state index is 0.00472. The molecule has 0 fully saturated rings. The fraction of sp³-hybridized carbons (Fsp3) is 0.333. The molecule has 2 heterocycles. The third kappa shape index (κ3) is 5.32. The lowest BCUT2D eigenvalue weighted by molar-refractivity contribution is -0.116. The van der Waals surface area contributed by atoms with Crippen molar-refractivity contribution in [3.8, 4) is 0 Å². The number of carbonyl (C=O) groups excluding carboxylic acids is 2. The Morgan fingerprint density at radius 3 is 2.69 bits per heavy atom. The number of nitrogens with one attached hydrogen (secondary N) is 2. The van der Waals surface area contributed by atoms with Crippen molar-refractivity contribution in [2.24, 2.45) is 13.0 Å². The summed E-state index contributed by atoms with van der Waals surface area (Å²) in [4.78, 5) is 32.7. The predicted octanol–water partition coefficient (Wildman–Crippen LogP) is 3.58. The average molecular weight is 414 g/mol. The van der Waals surface area contributed by atoms with Crippen molar-refractivity contribution in [2.75, 3.05) is 11.9 Å². The molecule has 0 saturated carbocycles.